The second-order valence-electron chi connectivity index (χ2n) is 2.70. The Morgan fingerprint density at radius 3 is 3.20 bits per heavy atom. The number of carbonyl (C=O) groups excluding carboxylic acids is 1. The van der Waals surface area contributed by atoms with Crippen LogP contribution in [0.1, 0.15) is 16.1 Å². The Morgan fingerprint density at radius 2 is 2.53 bits per heavy atom. The van der Waals surface area contributed by atoms with Crippen LogP contribution in [0, 0.1) is 11.3 Å². The van der Waals surface area contributed by atoms with E-state index in [9.17, 15) is 4.79 Å². The Kier molecular flexibility index (Phi) is 2.21. The minimum absolute atomic E-state index is 0.175. The van der Waals surface area contributed by atoms with Crippen molar-refractivity contribution in [3.63, 3.8) is 0 Å². The first-order chi connectivity index (χ1) is 7.31. The molecule has 1 amide bonds. The maximum absolute atomic E-state index is 11.5. The van der Waals surface area contributed by atoms with Crippen LogP contribution < -0.4 is 5.32 Å². The molecule has 74 valence electrons. The van der Waals surface area contributed by atoms with Gasteiger partial charge in [0, 0.05) is 0 Å². The van der Waals surface area contributed by atoms with E-state index in [-0.39, 0.29) is 17.1 Å². The second-order valence-corrected chi connectivity index (χ2v) is 2.70. The predicted molar refractivity (Wildman–Crippen MR) is 50.0 cm³/mol. The highest BCUT2D eigenvalue weighted by molar-refractivity contribution is 6.02. The molecule has 6 nitrogen and oxygen atoms in total. The molecule has 0 atom stereocenters. The Labute approximate surface area is 84.5 Å². The molecule has 0 spiro atoms. The van der Waals surface area contributed by atoms with Crippen molar-refractivity contribution in [2.24, 2.45) is 0 Å². The summed E-state index contributed by atoms with van der Waals surface area (Å²) in [6, 6.07) is 5.02. The van der Waals surface area contributed by atoms with Gasteiger partial charge >= 0.3 is 0 Å². The molecule has 2 rings (SSSR count). The van der Waals surface area contributed by atoms with E-state index in [1.807, 2.05) is 6.07 Å². The summed E-state index contributed by atoms with van der Waals surface area (Å²) in [5.74, 6) is 0.00754. The number of H-pyrrole nitrogens is 1. The highest BCUT2D eigenvalue weighted by atomic mass is 16.3. The zero-order chi connectivity index (χ0) is 10.7. The van der Waals surface area contributed by atoms with Crippen molar-refractivity contribution in [2.75, 3.05) is 5.32 Å². The number of nitrogens with zero attached hydrogens (tertiary/aromatic N) is 2. The first kappa shape index (κ1) is 9.02. The van der Waals surface area contributed by atoms with Crippen LogP contribution in [0.5, 0.6) is 0 Å². The number of hydrogen-bond donors (Lipinski definition) is 2. The van der Waals surface area contributed by atoms with Gasteiger partial charge in [-0.3, -0.25) is 9.89 Å². The molecule has 2 aromatic heterocycles. The lowest BCUT2D eigenvalue weighted by Gasteiger charge is -1.98. The van der Waals surface area contributed by atoms with E-state index >= 15 is 0 Å². The molecule has 0 saturated carbocycles. The van der Waals surface area contributed by atoms with Crippen LogP contribution in [0.25, 0.3) is 0 Å². The maximum Gasteiger partial charge on any atom is 0.292 e. The lowest BCUT2D eigenvalue weighted by molar-refractivity contribution is 0.0996. The number of nitrogens with one attached hydrogen (secondary N) is 2. The molecule has 0 radical (unpaired) electrons. The monoisotopic (exact) mass is 202 g/mol. The van der Waals surface area contributed by atoms with Gasteiger partial charge in [0.25, 0.3) is 5.91 Å². The molecule has 0 bridgehead atoms. The second kappa shape index (κ2) is 3.67. The van der Waals surface area contributed by atoms with Gasteiger partial charge in [0.05, 0.1) is 12.5 Å². The third kappa shape index (κ3) is 1.71. The topological polar surface area (TPSA) is 94.7 Å². The van der Waals surface area contributed by atoms with Crippen molar-refractivity contribution in [1.29, 1.82) is 5.26 Å². The largest absolute Gasteiger partial charge is 0.459 e. The number of carbonyl (C=O) groups is 1. The van der Waals surface area contributed by atoms with E-state index in [0.29, 0.717) is 0 Å². The number of amides is 1. The van der Waals surface area contributed by atoms with Gasteiger partial charge in [0.1, 0.15) is 17.5 Å². The molecule has 0 aliphatic carbocycles. The van der Waals surface area contributed by atoms with E-state index in [2.05, 4.69) is 15.5 Å². The minimum Gasteiger partial charge on any atom is -0.459 e. The van der Waals surface area contributed by atoms with Crippen LogP contribution in [0.4, 0.5) is 5.82 Å². The van der Waals surface area contributed by atoms with E-state index in [1.165, 1.54) is 18.5 Å². The summed E-state index contributed by atoms with van der Waals surface area (Å²) in [4.78, 5) is 11.5. The molecule has 0 saturated heterocycles. The van der Waals surface area contributed by atoms with Gasteiger partial charge in [-0.2, -0.15) is 10.4 Å². The van der Waals surface area contributed by atoms with Crippen LogP contribution in [0.2, 0.25) is 0 Å². The van der Waals surface area contributed by atoms with Gasteiger partial charge < -0.3 is 9.73 Å². The van der Waals surface area contributed by atoms with Gasteiger partial charge in [-0.1, -0.05) is 0 Å². The molecule has 6 heteroatoms. The summed E-state index contributed by atoms with van der Waals surface area (Å²) in [7, 11) is 0. The smallest absolute Gasteiger partial charge is 0.292 e. The fraction of sp³-hybridized carbons (Fsp3) is 0. The van der Waals surface area contributed by atoms with Crippen molar-refractivity contribution in [3.05, 3.63) is 35.9 Å². The van der Waals surface area contributed by atoms with Gasteiger partial charge in [-0.25, -0.2) is 0 Å². The SMILES string of the molecule is N#Cc1cn[nH]c1NC(=O)c1ccco1. The summed E-state index contributed by atoms with van der Waals surface area (Å²) in [5.41, 5.74) is 0.273. The Morgan fingerprint density at radius 1 is 1.67 bits per heavy atom. The highest BCUT2D eigenvalue weighted by Gasteiger charge is 2.12. The zero-order valence-corrected chi connectivity index (χ0v) is 7.52. The van der Waals surface area contributed by atoms with E-state index in [0.717, 1.165) is 0 Å². The Bertz CT molecular complexity index is 506. The molecule has 0 aliphatic rings. The average molecular weight is 202 g/mol. The highest BCUT2D eigenvalue weighted by Crippen LogP contribution is 2.11. The number of nitriles is 1. The lowest BCUT2D eigenvalue weighted by Crippen LogP contribution is -2.11. The quantitative estimate of drug-likeness (QED) is 0.762. The van der Waals surface area contributed by atoms with Crippen LogP contribution in [0.3, 0.4) is 0 Å². The minimum atomic E-state index is -0.430. The molecule has 0 unspecified atom stereocenters. The van der Waals surface area contributed by atoms with Crippen LogP contribution in [0.15, 0.2) is 29.0 Å². The van der Waals surface area contributed by atoms with Crippen molar-refractivity contribution in [3.8, 4) is 6.07 Å². The van der Waals surface area contributed by atoms with Gasteiger partial charge in [0.15, 0.2) is 5.76 Å². The molecular weight excluding hydrogens is 196 g/mol. The molecule has 0 aromatic carbocycles. The number of aromatic amines is 1. The fourth-order valence-electron chi connectivity index (χ4n) is 1.05. The van der Waals surface area contributed by atoms with Crippen molar-refractivity contribution < 1.29 is 9.21 Å². The molecule has 2 N–H and O–H groups in total. The summed E-state index contributed by atoms with van der Waals surface area (Å²) in [6.45, 7) is 0. The van der Waals surface area contributed by atoms with E-state index in [4.69, 9.17) is 9.68 Å². The third-order valence-electron chi connectivity index (χ3n) is 1.74. The molecular formula is C9H6N4O2. The Hall–Kier alpha value is -2.55. The number of rotatable bonds is 2. The number of furan rings is 1. The normalized spacial score (nSPS) is 9.53. The standard InChI is InChI=1S/C9H6N4O2/c10-4-6-5-11-13-8(6)12-9(14)7-2-1-3-15-7/h1-3,5H,(H2,11,12,13,14). The van der Waals surface area contributed by atoms with Crippen molar-refractivity contribution >= 4 is 11.7 Å². The summed E-state index contributed by atoms with van der Waals surface area (Å²) >= 11 is 0. The Balaban J connectivity index is 2.17. The summed E-state index contributed by atoms with van der Waals surface area (Å²) in [6.07, 6.45) is 2.73. The van der Waals surface area contributed by atoms with Crippen LogP contribution in [-0.2, 0) is 0 Å². The number of anilines is 1. The van der Waals surface area contributed by atoms with Crippen molar-refractivity contribution in [1.82, 2.24) is 10.2 Å². The lowest BCUT2D eigenvalue weighted by atomic mass is 10.3. The third-order valence-corrected chi connectivity index (χ3v) is 1.74. The summed E-state index contributed by atoms with van der Waals surface area (Å²) < 4.78 is 4.89. The first-order valence-corrected chi connectivity index (χ1v) is 4.09. The van der Waals surface area contributed by atoms with Gasteiger partial charge in [0.2, 0.25) is 0 Å². The van der Waals surface area contributed by atoms with E-state index < -0.39 is 5.91 Å². The van der Waals surface area contributed by atoms with Crippen LogP contribution in [-0.4, -0.2) is 16.1 Å². The van der Waals surface area contributed by atoms with Crippen molar-refractivity contribution in [2.45, 2.75) is 0 Å². The summed E-state index contributed by atoms with van der Waals surface area (Å²) in [5, 5.41) is 17.3. The van der Waals surface area contributed by atoms with Gasteiger partial charge in [-0.15, -0.1) is 0 Å². The molecule has 2 aromatic rings. The van der Waals surface area contributed by atoms with Gasteiger partial charge in [-0.05, 0) is 12.1 Å². The average Bonchev–Trinajstić information content (AvgIpc) is 2.87. The number of hydrogen-bond acceptors (Lipinski definition) is 4. The zero-order valence-electron chi connectivity index (χ0n) is 7.52. The first-order valence-electron chi connectivity index (χ1n) is 4.09. The molecule has 0 fully saturated rings. The molecule has 2 heterocycles. The predicted octanol–water partition coefficient (Wildman–Crippen LogP) is 1.13. The molecule has 15 heavy (non-hydrogen) atoms. The van der Waals surface area contributed by atoms with E-state index in [1.54, 1.807) is 6.07 Å². The number of aromatic nitrogens is 2. The fourth-order valence-corrected chi connectivity index (χ4v) is 1.05. The molecule has 0 aliphatic heterocycles. The van der Waals surface area contributed by atoms with Crippen LogP contribution >= 0.6 is 0 Å². The maximum atomic E-state index is 11.5.